The largest absolute Gasteiger partial charge is 0.743 e. The number of nitrogens with zero attached hydrogens (tertiary/aromatic N) is 1. The van der Waals surface area contributed by atoms with E-state index in [2.05, 4.69) is 0 Å². The van der Waals surface area contributed by atoms with Gasteiger partial charge in [0.05, 0.1) is 0 Å². The molecule has 1 rings (SSSR count). The van der Waals surface area contributed by atoms with Crippen LogP contribution in [0.3, 0.4) is 0 Å². The standard InChI is InChI=1S/C7H9NO3S/c1-7-2-4-8(5-3-7)6-12(9,10)11/h2-5H,6H2,1H3. The molecule has 5 heteroatoms. The summed E-state index contributed by atoms with van der Waals surface area (Å²) in [6.45, 7) is 1.88. The Morgan fingerprint density at radius 3 is 2.33 bits per heavy atom. The Kier molecular flexibility index (Phi) is 2.44. The average Bonchev–Trinajstić information content (AvgIpc) is 1.91. The summed E-state index contributed by atoms with van der Waals surface area (Å²) in [7, 11) is -4.18. The first-order chi connectivity index (χ1) is 5.47. The molecule has 12 heavy (non-hydrogen) atoms. The van der Waals surface area contributed by atoms with Gasteiger partial charge in [-0.25, -0.2) is 8.42 Å². The predicted octanol–water partition coefficient (Wildman–Crippen LogP) is -0.215. The van der Waals surface area contributed by atoms with Crippen molar-refractivity contribution in [3.63, 3.8) is 0 Å². The Balaban J connectivity index is 2.85. The monoisotopic (exact) mass is 187 g/mol. The molecule has 0 radical (unpaired) electrons. The van der Waals surface area contributed by atoms with E-state index in [9.17, 15) is 13.0 Å². The molecule has 1 heterocycles. The van der Waals surface area contributed by atoms with Crippen molar-refractivity contribution < 1.29 is 17.5 Å². The summed E-state index contributed by atoms with van der Waals surface area (Å²) in [6, 6.07) is 3.48. The van der Waals surface area contributed by atoms with Gasteiger partial charge in [-0.3, -0.25) is 0 Å². The molecule has 0 saturated heterocycles. The molecule has 1 aromatic rings. The highest BCUT2D eigenvalue weighted by molar-refractivity contribution is 7.84. The minimum Gasteiger partial charge on any atom is -0.743 e. The van der Waals surface area contributed by atoms with Crippen LogP contribution in [-0.4, -0.2) is 13.0 Å². The molecule has 0 aliphatic heterocycles. The molecule has 4 nitrogen and oxygen atoms in total. The molecule has 0 bridgehead atoms. The van der Waals surface area contributed by atoms with Crippen LogP contribution in [0, 0.1) is 6.92 Å². The predicted molar refractivity (Wildman–Crippen MR) is 41.1 cm³/mol. The summed E-state index contributed by atoms with van der Waals surface area (Å²) in [4.78, 5) is 0. The fourth-order valence-electron chi connectivity index (χ4n) is 0.800. The quantitative estimate of drug-likeness (QED) is 0.475. The van der Waals surface area contributed by atoms with Gasteiger partial charge in [0, 0.05) is 12.1 Å². The number of rotatable bonds is 2. The first kappa shape index (κ1) is 9.15. The van der Waals surface area contributed by atoms with Gasteiger partial charge in [-0.05, 0) is 12.5 Å². The zero-order chi connectivity index (χ0) is 9.19. The summed E-state index contributed by atoms with van der Waals surface area (Å²) in [5.41, 5.74) is 1.02. The van der Waals surface area contributed by atoms with Crippen LogP contribution in [0.15, 0.2) is 24.5 Å². The van der Waals surface area contributed by atoms with Crippen LogP contribution in [0.25, 0.3) is 0 Å². The van der Waals surface area contributed by atoms with E-state index in [1.54, 1.807) is 24.5 Å². The van der Waals surface area contributed by atoms with Crippen molar-refractivity contribution in [1.82, 2.24) is 0 Å². The van der Waals surface area contributed by atoms with Crippen LogP contribution in [0.5, 0.6) is 0 Å². The Morgan fingerprint density at radius 1 is 1.42 bits per heavy atom. The number of aryl methyl sites for hydroxylation is 1. The van der Waals surface area contributed by atoms with Gasteiger partial charge in [0.2, 0.25) is 5.88 Å². The van der Waals surface area contributed by atoms with Crippen LogP contribution in [-0.2, 0) is 16.0 Å². The summed E-state index contributed by atoms with van der Waals surface area (Å²) in [6.07, 6.45) is 3.12. The lowest BCUT2D eigenvalue weighted by Crippen LogP contribution is -2.36. The van der Waals surface area contributed by atoms with Crippen LogP contribution >= 0.6 is 0 Å². The molecule has 66 valence electrons. The van der Waals surface area contributed by atoms with Gasteiger partial charge in [0.15, 0.2) is 22.5 Å². The second-order valence-corrected chi connectivity index (χ2v) is 3.95. The molecule has 1 aromatic heterocycles. The van der Waals surface area contributed by atoms with Crippen LogP contribution in [0.2, 0.25) is 0 Å². The van der Waals surface area contributed by atoms with Gasteiger partial charge in [0.25, 0.3) is 0 Å². The molecule has 0 atom stereocenters. The van der Waals surface area contributed by atoms with Crippen LogP contribution in [0.1, 0.15) is 5.56 Å². The van der Waals surface area contributed by atoms with E-state index in [1.165, 1.54) is 4.57 Å². The molecule has 0 fully saturated rings. The SMILES string of the molecule is Cc1cc[n+](CS(=O)(=O)[O-])cc1. The fraction of sp³-hybridized carbons (Fsp3) is 0.286. The highest BCUT2D eigenvalue weighted by Gasteiger charge is 2.03. The number of pyridine rings is 1. The molecule has 0 spiro atoms. The maximum atomic E-state index is 10.3. The average molecular weight is 187 g/mol. The number of aromatic nitrogens is 1. The van der Waals surface area contributed by atoms with Crippen molar-refractivity contribution in [2.24, 2.45) is 0 Å². The van der Waals surface area contributed by atoms with Crippen molar-refractivity contribution in [1.29, 1.82) is 0 Å². The Morgan fingerprint density at radius 2 is 1.92 bits per heavy atom. The van der Waals surface area contributed by atoms with Crippen LogP contribution in [0.4, 0.5) is 0 Å². The van der Waals surface area contributed by atoms with Gasteiger partial charge >= 0.3 is 0 Å². The lowest BCUT2D eigenvalue weighted by Gasteiger charge is -2.01. The van der Waals surface area contributed by atoms with Crippen molar-refractivity contribution in [2.45, 2.75) is 12.8 Å². The Hall–Kier alpha value is -0.940. The summed E-state index contributed by atoms with van der Waals surface area (Å²) in [5, 5.41) is 0. The molecular weight excluding hydrogens is 178 g/mol. The van der Waals surface area contributed by atoms with Gasteiger partial charge < -0.3 is 4.55 Å². The van der Waals surface area contributed by atoms with E-state index in [0.29, 0.717) is 0 Å². The maximum absolute atomic E-state index is 10.3. The lowest BCUT2D eigenvalue weighted by molar-refractivity contribution is -0.678. The van der Waals surface area contributed by atoms with Gasteiger partial charge in [-0.1, -0.05) is 0 Å². The molecule has 0 aliphatic carbocycles. The molecular formula is C7H9NO3S. The lowest BCUT2D eigenvalue weighted by atomic mass is 10.3. The molecule has 0 N–H and O–H groups in total. The Labute approximate surface area is 71.2 Å². The van der Waals surface area contributed by atoms with Crippen molar-refractivity contribution in [2.75, 3.05) is 0 Å². The zero-order valence-electron chi connectivity index (χ0n) is 6.60. The molecule has 0 saturated carbocycles. The number of hydrogen-bond donors (Lipinski definition) is 0. The van der Waals surface area contributed by atoms with E-state index < -0.39 is 16.0 Å². The third-order valence-corrected chi connectivity index (χ3v) is 1.98. The second kappa shape index (κ2) is 3.20. The van der Waals surface area contributed by atoms with Crippen LogP contribution < -0.4 is 4.57 Å². The summed E-state index contributed by atoms with van der Waals surface area (Å²) < 4.78 is 32.3. The van der Waals surface area contributed by atoms with E-state index in [-0.39, 0.29) is 0 Å². The zero-order valence-corrected chi connectivity index (χ0v) is 7.41. The highest BCUT2D eigenvalue weighted by atomic mass is 32.2. The van der Waals surface area contributed by atoms with E-state index in [4.69, 9.17) is 0 Å². The van der Waals surface area contributed by atoms with Gasteiger partial charge in [-0.2, -0.15) is 4.57 Å². The normalized spacial score (nSPS) is 11.5. The third-order valence-electron chi connectivity index (χ3n) is 1.36. The topological polar surface area (TPSA) is 61.1 Å². The van der Waals surface area contributed by atoms with E-state index >= 15 is 0 Å². The second-order valence-electron chi connectivity index (χ2n) is 2.58. The van der Waals surface area contributed by atoms with Gasteiger partial charge in [-0.15, -0.1) is 0 Å². The van der Waals surface area contributed by atoms with E-state index in [0.717, 1.165) is 5.56 Å². The van der Waals surface area contributed by atoms with Crippen molar-refractivity contribution >= 4 is 10.1 Å². The smallest absolute Gasteiger partial charge is 0.236 e. The summed E-state index contributed by atoms with van der Waals surface area (Å²) >= 11 is 0. The van der Waals surface area contributed by atoms with Gasteiger partial charge in [0.1, 0.15) is 0 Å². The molecule has 0 amide bonds. The molecule has 0 aromatic carbocycles. The molecule has 0 aliphatic rings. The first-order valence-corrected chi connectivity index (χ1v) is 4.94. The fourth-order valence-corrected chi connectivity index (χ4v) is 1.34. The maximum Gasteiger partial charge on any atom is 0.236 e. The summed E-state index contributed by atoms with van der Waals surface area (Å²) in [5.74, 6) is -0.507. The minimum atomic E-state index is -4.18. The minimum absolute atomic E-state index is 0.507. The first-order valence-electron chi connectivity index (χ1n) is 3.37. The van der Waals surface area contributed by atoms with Crippen molar-refractivity contribution in [3.05, 3.63) is 30.1 Å². The highest BCUT2D eigenvalue weighted by Crippen LogP contribution is 1.90. The third kappa shape index (κ3) is 2.98. The number of hydrogen-bond acceptors (Lipinski definition) is 3. The Bertz CT molecular complexity index is 355. The molecule has 0 unspecified atom stereocenters. The van der Waals surface area contributed by atoms with E-state index in [1.807, 2.05) is 6.92 Å². The van der Waals surface area contributed by atoms with Crippen molar-refractivity contribution in [3.8, 4) is 0 Å².